The molecule has 1 amide bonds. The average Bonchev–Trinajstić information content (AvgIpc) is 3.19. The van der Waals surface area contributed by atoms with Gasteiger partial charge in [0.15, 0.2) is 16.6 Å². The van der Waals surface area contributed by atoms with Gasteiger partial charge in [0.05, 0.1) is 10.6 Å². The average molecular weight is 442 g/mol. The third-order valence-corrected chi connectivity index (χ3v) is 5.54. The fourth-order valence-corrected chi connectivity index (χ4v) is 3.75. The first-order chi connectivity index (χ1) is 14.4. The molecular weight excluding hydrogens is 429 g/mol. The molecule has 4 aromatic rings. The van der Waals surface area contributed by atoms with E-state index in [0.29, 0.717) is 16.1 Å². The van der Waals surface area contributed by atoms with Crippen molar-refractivity contribution in [3.8, 4) is 33.3 Å². The van der Waals surface area contributed by atoms with Crippen LogP contribution in [-0.4, -0.2) is 20.9 Å². The monoisotopic (exact) mass is 441 g/mol. The van der Waals surface area contributed by atoms with E-state index in [-0.39, 0.29) is 27.5 Å². The number of benzene rings is 2. The molecule has 0 unspecified atom stereocenters. The fraction of sp³-hybridized carbons (Fsp3) is 0. The zero-order valence-corrected chi connectivity index (χ0v) is 16.7. The Hall–Kier alpha value is -3.56. The van der Waals surface area contributed by atoms with Gasteiger partial charge >= 0.3 is 0 Å². The quantitative estimate of drug-likeness (QED) is 0.469. The highest BCUT2D eigenvalue weighted by Gasteiger charge is 2.19. The van der Waals surface area contributed by atoms with Crippen LogP contribution in [-0.2, 0) is 0 Å². The Morgan fingerprint density at radius 1 is 1.10 bits per heavy atom. The van der Waals surface area contributed by atoms with Crippen molar-refractivity contribution in [3.05, 3.63) is 70.7 Å². The van der Waals surface area contributed by atoms with Crippen molar-refractivity contribution >= 4 is 34.7 Å². The largest absolute Gasteiger partial charge is 0.434 e. The SMILES string of the molecule is NC(=O)c1nc(-c2ccccc2)c(-c2ccc(Oc3ncnc(N)c3Cl)c(F)c2)s1. The maximum atomic E-state index is 14.8. The molecule has 30 heavy (non-hydrogen) atoms. The van der Waals surface area contributed by atoms with Crippen LogP contribution in [0.2, 0.25) is 5.02 Å². The molecule has 4 rings (SSSR count). The number of thiazole rings is 1. The lowest BCUT2D eigenvalue weighted by atomic mass is 10.1. The maximum Gasteiger partial charge on any atom is 0.277 e. The van der Waals surface area contributed by atoms with Gasteiger partial charge in [-0.1, -0.05) is 41.9 Å². The minimum atomic E-state index is -0.659. The van der Waals surface area contributed by atoms with Crippen LogP contribution < -0.4 is 16.2 Å². The van der Waals surface area contributed by atoms with Gasteiger partial charge in [0.25, 0.3) is 5.91 Å². The number of aromatic nitrogens is 3. The van der Waals surface area contributed by atoms with E-state index in [9.17, 15) is 9.18 Å². The van der Waals surface area contributed by atoms with Gasteiger partial charge in [0.1, 0.15) is 17.2 Å². The number of carbonyl (C=O) groups excluding carboxylic acids is 1. The Bertz CT molecular complexity index is 1250. The Morgan fingerprint density at radius 3 is 2.57 bits per heavy atom. The van der Waals surface area contributed by atoms with Crippen molar-refractivity contribution in [1.29, 1.82) is 0 Å². The number of amides is 1. The second-order valence-electron chi connectivity index (χ2n) is 6.05. The number of ether oxygens (including phenoxy) is 1. The number of halogens is 2. The van der Waals surface area contributed by atoms with Gasteiger partial charge in [-0.15, -0.1) is 11.3 Å². The molecule has 2 heterocycles. The minimum absolute atomic E-state index is 0.0131. The van der Waals surface area contributed by atoms with E-state index in [1.807, 2.05) is 30.3 Å². The van der Waals surface area contributed by atoms with E-state index >= 15 is 0 Å². The zero-order chi connectivity index (χ0) is 21.3. The molecule has 7 nitrogen and oxygen atoms in total. The lowest BCUT2D eigenvalue weighted by molar-refractivity contribution is 0.1000. The van der Waals surface area contributed by atoms with Crippen LogP contribution in [0.1, 0.15) is 9.80 Å². The summed E-state index contributed by atoms with van der Waals surface area (Å²) in [5.41, 5.74) is 12.8. The molecule has 0 bridgehead atoms. The molecule has 0 aliphatic rings. The second-order valence-corrected chi connectivity index (χ2v) is 7.43. The van der Waals surface area contributed by atoms with Crippen LogP contribution in [0.4, 0.5) is 10.2 Å². The predicted octanol–water partition coefficient (Wildman–Crippen LogP) is 4.53. The van der Waals surface area contributed by atoms with Crippen LogP contribution in [0.3, 0.4) is 0 Å². The van der Waals surface area contributed by atoms with Crippen molar-refractivity contribution in [3.63, 3.8) is 0 Å². The standard InChI is InChI=1S/C20H13ClFN5O2S/c21-14-17(23)25-9-26-19(14)29-13-7-6-11(8-12(13)22)16-15(10-4-2-1-3-5-10)27-20(30-16)18(24)28/h1-9H,(H2,24,28)(H2,23,25,26). The van der Waals surface area contributed by atoms with Gasteiger partial charge in [-0.2, -0.15) is 4.98 Å². The summed E-state index contributed by atoms with van der Waals surface area (Å²) in [6.45, 7) is 0. The molecule has 0 fully saturated rings. The van der Waals surface area contributed by atoms with Crippen molar-refractivity contribution in [1.82, 2.24) is 15.0 Å². The summed E-state index contributed by atoms with van der Waals surface area (Å²) < 4.78 is 20.2. The minimum Gasteiger partial charge on any atom is -0.434 e. The predicted molar refractivity (Wildman–Crippen MR) is 113 cm³/mol. The number of nitrogens with zero attached hydrogens (tertiary/aromatic N) is 3. The normalized spacial score (nSPS) is 10.7. The molecule has 150 valence electrons. The van der Waals surface area contributed by atoms with E-state index in [4.69, 9.17) is 27.8 Å². The van der Waals surface area contributed by atoms with Gasteiger partial charge in [-0.25, -0.2) is 14.4 Å². The lowest BCUT2D eigenvalue weighted by Crippen LogP contribution is -2.10. The highest BCUT2D eigenvalue weighted by Crippen LogP contribution is 2.39. The Kier molecular flexibility index (Phi) is 5.30. The maximum absolute atomic E-state index is 14.8. The molecule has 2 aromatic carbocycles. The summed E-state index contributed by atoms with van der Waals surface area (Å²) in [6.07, 6.45) is 1.16. The van der Waals surface area contributed by atoms with Crippen molar-refractivity contribution in [2.45, 2.75) is 0 Å². The molecule has 0 atom stereocenters. The Labute approximate surface area is 179 Å². The van der Waals surface area contributed by atoms with Crippen molar-refractivity contribution in [2.24, 2.45) is 5.73 Å². The van der Waals surface area contributed by atoms with Crippen LogP contribution in [0.25, 0.3) is 21.7 Å². The van der Waals surface area contributed by atoms with Gasteiger partial charge in [0, 0.05) is 5.56 Å². The van der Waals surface area contributed by atoms with Gasteiger partial charge in [-0.3, -0.25) is 4.79 Å². The van der Waals surface area contributed by atoms with E-state index in [2.05, 4.69) is 15.0 Å². The highest BCUT2D eigenvalue weighted by molar-refractivity contribution is 7.17. The number of carbonyl (C=O) groups is 1. The fourth-order valence-electron chi connectivity index (χ4n) is 2.68. The summed E-state index contributed by atoms with van der Waals surface area (Å²) in [7, 11) is 0. The topological polar surface area (TPSA) is 117 Å². The van der Waals surface area contributed by atoms with Crippen molar-refractivity contribution in [2.75, 3.05) is 5.73 Å². The van der Waals surface area contributed by atoms with Crippen LogP contribution in [0.15, 0.2) is 54.9 Å². The molecular formula is C20H13ClFN5O2S. The Morgan fingerprint density at radius 2 is 1.87 bits per heavy atom. The zero-order valence-electron chi connectivity index (χ0n) is 15.2. The third kappa shape index (κ3) is 3.80. The molecule has 0 saturated heterocycles. The summed E-state index contributed by atoms with van der Waals surface area (Å²) in [4.78, 5) is 24.2. The number of nitrogen functional groups attached to an aromatic ring is 1. The van der Waals surface area contributed by atoms with Crippen LogP contribution in [0, 0.1) is 5.82 Å². The first kappa shape index (κ1) is 19.7. The van der Waals surface area contributed by atoms with E-state index in [1.54, 1.807) is 6.07 Å². The van der Waals surface area contributed by atoms with Crippen molar-refractivity contribution < 1.29 is 13.9 Å². The molecule has 4 N–H and O–H groups in total. The molecule has 2 aromatic heterocycles. The van der Waals surface area contributed by atoms with Gasteiger partial charge < -0.3 is 16.2 Å². The molecule has 0 radical (unpaired) electrons. The number of anilines is 1. The van der Waals surface area contributed by atoms with E-state index < -0.39 is 11.7 Å². The lowest BCUT2D eigenvalue weighted by Gasteiger charge is -2.09. The van der Waals surface area contributed by atoms with Gasteiger partial charge in [-0.05, 0) is 23.8 Å². The van der Waals surface area contributed by atoms with Gasteiger partial charge in [0.2, 0.25) is 5.88 Å². The molecule has 0 spiro atoms. The first-order valence-corrected chi connectivity index (χ1v) is 9.73. The van der Waals surface area contributed by atoms with E-state index in [1.165, 1.54) is 12.1 Å². The summed E-state index contributed by atoms with van der Waals surface area (Å²) in [5, 5.41) is 0.119. The van der Waals surface area contributed by atoms with Crippen LogP contribution >= 0.6 is 22.9 Å². The number of rotatable bonds is 5. The number of hydrogen-bond donors (Lipinski definition) is 2. The molecule has 0 aliphatic heterocycles. The summed E-state index contributed by atoms with van der Waals surface area (Å²) >= 11 is 7.08. The van der Waals surface area contributed by atoms with Crippen LogP contribution in [0.5, 0.6) is 11.6 Å². The summed E-state index contributed by atoms with van der Waals surface area (Å²) in [5.74, 6) is -1.45. The highest BCUT2D eigenvalue weighted by atomic mass is 35.5. The molecule has 10 heteroatoms. The number of hydrogen-bond acceptors (Lipinski definition) is 7. The number of nitrogens with two attached hydrogens (primary N) is 2. The second kappa shape index (κ2) is 8.05. The molecule has 0 aliphatic carbocycles. The molecule has 0 saturated carbocycles. The Balaban J connectivity index is 1.74. The number of primary amides is 1. The summed E-state index contributed by atoms with van der Waals surface area (Å²) in [6, 6.07) is 13.6. The first-order valence-electron chi connectivity index (χ1n) is 8.54. The van der Waals surface area contributed by atoms with E-state index in [0.717, 1.165) is 23.2 Å². The third-order valence-electron chi connectivity index (χ3n) is 4.07. The smallest absolute Gasteiger partial charge is 0.277 e.